The molecule has 9 nitrogen and oxygen atoms in total. The predicted octanol–water partition coefficient (Wildman–Crippen LogP) is 1.82. The van der Waals surface area contributed by atoms with Gasteiger partial charge in [-0.25, -0.2) is 5.48 Å². The van der Waals surface area contributed by atoms with Crippen LogP contribution >= 0.6 is 0 Å². The number of nitrogens with two attached hydrogens (primary N) is 1. The van der Waals surface area contributed by atoms with Gasteiger partial charge in [-0.1, -0.05) is 70.4 Å². The summed E-state index contributed by atoms with van der Waals surface area (Å²) >= 11 is 0. The number of benzene rings is 1. The average Bonchev–Trinajstić information content (AvgIpc) is 2.77. The number of hydrogen-bond donors (Lipinski definition) is 5. The van der Waals surface area contributed by atoms with Crippen molar-refractivity contribution in [3.8, 4) is 0 Å². The minimum Gasteiger partial charge on any atom is -0.368 e. The second-order valence-corrected chi connectivity index (χ2v) is 8.78. The summed E-state index contributed by atoms with van der Waals surface area (Å²) in [5.74, 6) is -2.86. The smallest absolute Gasteiger partial charge is 0.244 e. The van der Waals surface area contributed by atoms with Crippen LogP contribution in [0.15, 0.2) is 30.3 Å². The van der Waals surface area contributed by atoms with Crippen molar-refractivity contribution in [1.82, 2.24) is 16.1 Å². The van der Waals surface area contributed by atoms with Crippen LogP contribution in [0.5, 0.6) is 0 Å². The van der Waals surface area contributed by atoms with Gasteiger partial charge < -0.3 is 16.4 Å². The van der Waals surface area contributed by atoms with Crippen molar-refractivity contribution in [2.24, 2.45) is 17.6 Å². The van der Waals surface area contributed by atoms with Crippen LogP contribution in [0.25, 0.3) is 0 Å². The lowest BCUT2D eigenvalue weighted by Crippen LogP contribution is -2.54. The van der Waals surface area contributed by atoms with E-state index in [2.05, 4.69) is 10.6 Å². The standard InChI is InChI=1S/C24H38N4O5/c1-4-5-7-12-18(15-21(29)28-33)23(31)27-20(13-16(2)3)24(32)26-19(22(25)30)14-17-10-8-6-9-11-17/h6,8-11,16,18-20,33H,4-5,7,12-15H2,1-3H3,(H2,25,30)(H,26,32)(H,27,31)(H,28,29). The van der Waals surface area contributed by atoms with Crippen LogP contribution in [-0.2, 0) is 25.6 Å². The van der Waals surface area contributed by atoms with E-state index in [0.717, 1.165) is 24.8 Å². The molecule has 0 saturated heterocycles. The number of nitrogens with one attached hydrogen (secondary N) is 3. The van der Waals surface area contributed by atoms with Gasteiger partial charge in [-0.15, -0.1) is 0 Å². The summed E-state index contributed by atoms with van der Waals surface area (Å²) in [7, 11) is 0. The van der Waals surface area contributed by atoms with E-state index in [1.165, 1.54) is 0 Å². The van der Waals surface area contributed by atoms with Crippen molar-refractivity contribution in [3.05, 3.63) is 35.9 Å². The highest BCUT2D eigenvalue weighted by Gasteiger charge is 2.29. The van der Waals surface area contributed by atoms with Crippen molar-refractivity contribution in [2.45, 2.75) is 77.8 Å². The molecule has 6 N–H and O–H groups in total. The number of unbranched alkanes of at least 4 members (excludes halogenated alkanes) is 2. The van der Waals surface area contributed by atoms with E-state index in [1.54, 1.807) is 5.48 Å². The van der Waals surface area contributed by atoms with E-state index in [0.29, 0.717) is 12.8 Å². The molecular formula is C24H38N4O5. The van der Waals surface area contributed by atoms with Gasteiger partial charge in [0, 0.05) is 18.8 Å². The number of rotatable bonds is 15. The molecule has 3 atom stereocenters. The summed E-state index contributed by atoms with van der Waals surface area (Å²) in [6, 6.07) is 7.37. The quantitative estimate of drug-likeness (QED) is 0.153. The molecule has 0 radical (unpaired) electrons. The number of primary amides is 1. The van der Waals surface area contributed by atoms with Crippen molar-refractivity contribution in [1.29, 1.82) is 0 Å². The van der Waals surface area contributed by atoms with Crippen LogP contribution in [0.4, 0.5) is 0 Å². The minimum atomic E-state index is -0.924. The number of hydrogen-bond acceptors (Lipinski definition) is 5. The molecule has 9 heteroatoms. The molecule has 0 bridgehead atoms. The summed E-state index contributed by atoms with van der Waals surface area (Å²) in [5, 5.41) is 14.3. The summed E-state index contributed by atoms with van der Waals surface area (Å²) < 4.78 is 0. The number of carbonyl (C=O) groups excluding carboxylic acids is 4. The Labute approximate surface area is 195 Å². The first-order valence-corrected chi connectivity index (χ1v) is 11.5. The maximum atomic E-state index is 13.0. The highest BCUT2D eigenvalue weighted by atomic mass is 16.5. The molecule has 184 valence electrons. The topological polar surface area (TPSA) is 151 Å². The zero-order valence-electron chi connectivity index (χ0n) is 19.8. The van der Waals surface area contributed by atoms with Crippen LogP contribution in [0, 0.1) is 11.8 Å². The molecule has 0 aliphatic carbocycles. The van der Waals surface area contributed by atoms with Gasteiger partial charge in [0.15, 0.2) is 0 Å². The molecule has 4 amide bonds. The first kappa shape index (κ1) is 28.1. The average molecular weight is 463 g/mol. The number of carbonyl (C=O) groups is 4. The maximum absolute atomic E-state index is 13.0. The fourth-order valence-electron chi connectivity index (χ4n) is 3.57. The lowest BCUT2D eigenvalue weighted by atomic mass is 9.95. The van der Waals surface area contributed by atoms with Gasteiger partial charge in [0.25, 0.3) is 0 Å². The fraction of sp³-hybridized carbons (Fsp3) is 0.583. The Morgan fingerprint density at radius 3 is 2.15 bits per heavy atom. The molecule has 0 spiro atoms. The molecule has 0 aliphatic heterocycles. The molecule has 0 saturated carbocycles. The molecule has 1 aromatic carbocycles. The maximum Gasteiger partial charge on any atom is 0.244 e. The predicted molar refractivity (Wildman–Crippen MR) is 125 cm³/mol. The summed E-state index contributed by atoms with van der Waals surface area (Å²) in [6.07, 6.45) is 3.47. The molecule has 0 aromatic heterocycles. The van der Waals surface area contributed by atoms with E-state index in [9.17, 15) is 19.2 Å². The molecule has 3 unspecified atom stereocenters. The highest BCUT2D eigenvalue weighted by molar-refractivity contribution is 5.93. The third kappa shape index (κ3) is 11.0. The SMILES string of the molecule is CCCCCC(CC(=O)NO)C(=O)NC(CC(C)C)C(=O)NC(Cc1ccccc1)C(N)=O. The number of hydroxylamine groups is 1. The Hall–Kier alpha value is -2.94. The van der Waals surface area contributed by atoms with Crippen molar-refractivity contribution in [2.75, 3.05) is 0 Å². The molecule has 33 heavy (non-hydrogen) atoms. The van der Waals surface area contributed by atoms with Crippen molar-refractivity contribution in [3.63, 3.8) is 0 Å². The zero-order valence-corrected chi connectivity index (χ0v) is 19.8. The molecule has 1 rings (SSSR count). The summed E-state index contributed by atoms with van der Waals surface area (Å²) in [4.78, 5) is 49.6. The largest absolute Gasteiger partial charge is 0.368 e. The van der Waals surface area contributed by atoms with Gasteiger partial charge in [0.05, 0.1) is 0 Å². The van der Waals surface area contributed by atoms with Gasteiger partial charge in [-0.3, -0.25) is 24.4 Å². The zero-order chi connectivity index (χ0) is 24.8. The lowest BCUT2D eigenvalue weighted by Gasteiger charge is -2.25. The van der Waals surface area contributed by atoms with Gasteiger partial charge in [0.2, 0.25) is 23.6 Å². The van der Waals surface area contributed by atoms with Crippen LogP contribution in [0.2, 0.25) is 0 Å². The Kier molecular flexibility index (Phi) is 12.8. The Bertz CT molecular complexity index is 769. The summed E-state index contributed by atoms with van der Waals surface area (Å²) in [5.41, 5.74) is 7.92. The van der Waals surface area contributed by atoms with E-state index >= 15 is 0 Å². The molecule has 0 fully saturated rings. The first-order chi connectivity index (χ1) is 15.7. The molecule has 0 aliphatic rings. The second-order valence-electron chi connectivity index (χ2n) is 8.78. The minimum absolute atomic E-state index is 0.0847. The highest BCUT2D eigenvalue weighted by Crippen LogP contribution is 2.16. The third-order valence-electron chi connectivity index (χ3n) is 5.37. The first-order valence-electron chi connectivity index (χ1n) is 11.5. The van der Waals surface area contributed by atoms with Gasteiger partial charge in [-0.2, -0.15) is 0 Å². The van der Waals surface area contributed by atoms with E-state index < -0.39 is 41.6 Å². The third-order valence-corrected chi connectivity index (χ3v) is 5.37. The second kappa shape index (κ2) is 15.0. The van der Waals surface area contributed by atoms with Gasteiger partial charge in [-0.05, 0) is 24.3 Å². The van der Waals surface area contributed by atoms with Gasteiger partial charge >= 0.3 is 0 Å². The fourth-order valence-corrected chi connectivity index (χ4v) is 3.57. The van der Waals surface area contributed by atoms with Crippen molar-refractivity contribution >= 4 is 23.6 Å². The number of amides is 4. The summed E-state index contributed by atoms with van der Waals surface area (Å²) in [6.45, 7) is 5.86. The van der Waals surface area contributed by atoms with Gasteiger partial charge in [0.1, 0.15) is 12.1 Å². The Balaban J connectivity index is 2.93. The monoisotopic (exact) mass is 462 g/mol. The van der Waals surface area contributed by atoms with Crippen LogP contribution in [0.3, 0.4) is 0 Å². The van der Waals surface area contributed by atoms with E-state index in [1.807, 2.05) is 51.1 Å². The van der Waals surface area contributed by atoms with E-state index in [4.69, 9.17) is 10.9 Å². The van der Waals surface area contributed by atoms with Crippen molar-refractivity contribution < 1.29 is 24.4 Å². The normalized spacial score (nSPS) is 13.6. The van der Waals surface area contributed by atoms with Crippen LogP contribution < -0.4 is 21.8 Å². The molecule has 1 aromatic rings. The Morgan fingerprint density at radius 2 is 1.61 bits per heavy atom. The molecule has 0 heterocycles. The van der Waals surface area contributed by atoms with Crippen LogP contribution in [0.1, 0.15) is 64.9 Å². The van der Waals surface area contributed by atoms with E-state index in [-0.39, 0.29) is 18.8 Å². The lowest BCUT2D eigenvalue weighted by molar-refractivity contribution is -0.137. The Morgan fingerprint density at radius 1 is 0.970 bits per heavy atom. The molecular weight excluding hydrogens is 424 g/mol. The van der Waals surface area contributed by atoms with Crippen LogP contribution in [-0.4, -0.2) is 40.9 Å².